The van der Waals surface area contributed by atoms with Gasteiger partial charge in [0.1, 0.15) is 35.8 Å². The topological polar surface area (TPSA) is 209 Å². The summed E-state index contributed by atoms with van der Waals surface area (Å²) in [5.41, 5.74) is -5.01. The summed E-state index contributed by atoms with van der Waals surface area (Å²) >= 11 is 0. The number of fused-ring (bicyclic) bond motifs is 8. The molecule has 3 heterocycles. The molecule has 354 valence electrons. The molecule has 6 aliphatic rings. The van der Waals surface area contributed by atoms with Crippen molar-refractivity contribution in [2.75, 3.05) is 26.3 Å². The second-order valence-corrected chi connectivity index (χ2v) is 19.5. The highest BCUT2D eigenvalue weighted by Crippen LogP contribution is 2.66. The minimum absolute atomic E-state index is 0.0461. The van der Waals surface area contributed by atoms with Crippen LogP contribution in [0.4, 0.5) is 9.18 Å². The maximum Gasteiger partial charge on any atom is 0.407 e. The Morgan fingerprint density at radius 3 is 2.32 bits per heavy atom. The molecule has 2 bridgehead atoms. The van der Waals surface area contributed by atoms with Gasteiger partial charge in [-0.25, -0.2) is 18.8 Å². The van der Waals surface area contributed by atoms with Crippen LogP contribution < -0.4 is 5.32 Å². The zero-order valence-corrected chi connectivity index (χ0v) is 37.9. The lowest BCUT2D eigenvalue weighted by molar-refractivity contribution is -0.345. The van der Waals surface area contributed by atoms with Gasteiger partial charge in [-0.3, -0.25) is 9.69 Å². The first kappa shape index (κ1) is 47.0. The minimum atomic E-state index is -2.19. The van der Waals surface area contributed by atoms with Gasteiger partial charge in [-0.15, -0.1) is 0 Å². The van der Waals surface area contributed by atoms with E-state index >= 15 is 4.39 Å². The number of amides is 1. The lowest BCUT2D eigenvalue weighted by Crippen LogP contribution is -2.79. The molecule has 13 atom stereocenters. The molecule has 17 heteroatoms. The summed E-state index contributed by atoms with van der Waals surface area (Å²) < 4.78 is 59.9. The second-order valence-electron chi connectivity index (χ2n) is 19.5. The van der Waals surface area contributed by atoms with E-state index in [1.54, 1.807) is 65.0 Å². The first-order valence-corrected chi connectivity index (χ1v) is 22.5. The molecule has 5 fully saturated rings. The summed E-state index contributed by atoms with van der Waals surface area (Å²) in [6.07, 6.45) is -8.57. The number of benzene rings is 2. The van der Waals surface area contributed by atoms with Gasteiger partial charge in [-0.2, -0.15) is 0 Å². The summed E-state index contributed by atoms with van der Waals surface area (Å²) in [5, 5.41) is 38.2. The summed E-state index contributed by atoms with van der Waals surface area (Å²) in [7, 11) is 0. The zero-order chi connectivity index (χ0) is 46.8. The number of carbonyl (C=O) groups excluding carboxylic acids is 4. The molecule has 4 N–H and O–H groups in total. The third-order valence-electron chi connectivity index (χ3n) is 15.1. The Bertz CT molecular complexity index is 2190. The molecule has 1 amide bonds. The molecule has 0 aromatic heterocycles. The Labute approximate surface area is 377 Å². The van der Waals surface area contributed by atoms with Crippen LogP contribution in [0.1, 0.15) is 96.1 Å². The standard InChI is InChI=1S/C48H61FN2O14/c1-25(2)60-44(57)50-36(30-15-11-12-16-31(30)49)37(54)43(56)61-32-21-48(58)41(64-42(55)28-13-9-8-10-14-28)39-46(7,19-17-33-47(39,24-59-33)65-27(4)53)40-38(35(26(32)3)45(48,5)6)62-34(63-40)22-51-20-18-29(51)23-52/h8-16,25,29,32-34,36-41,52,54,58H,17-24H2,1-7H3,(H,50,57)/t29-,32-,33+,34+,36-,37+,38+,39-,40+,41-,46+,47-,48+/m0/s1. The van der Waals surface area contributed by atoms with Crippen molar-refractivity contribution >= 4 is 24.0 Å². The number of likely N-dealkylation sites (tertiary alicyclic amines) is 1. The van der Waals surface area contributed by atoms with Crippen LogP contribution in [-0.4, -0.2) is 137 Å². The molecule has 65 heavy (non-hydrogen) atoms. The van der Waals surface area contributed by atoms with Crippen molar-refractivity contribution in [2.45, 2.75) is 146 Å². The number of nitrogens with zero attached hydrogens (tertiary/aromatic N) is 1. The molecule has 8 rings (SSSR count). The van der Waals surface area contributed by atoms with Crippen LogP contribution in [0.5, 0.6) is 0 Å². The van der Waals surface area contributed by atoms with Crippen molar-refractivity contribution in [3.63, 3.8) is 0 Å². The summed E-state index contributed by atoms with van der Waals surface area (Å²) in [4.78, 5) is 57.1. The van der Waals surface area contributed by atoms with Gasteiger partial charge >= 0.3 is 24.0 Å². The molecule has 16 nitrogen and oxygen atoms in total. The Balaban J connectivity index is 1.27. The monoisotopic (exact) mass is 908 g/mol. The minimum Gasteiger partial charge on any atom is -0.456 e. The Morgan fingerprint density at radius 2 is 1.71 bits per heavy atom. The van der Waals surface area contributed by atoms with Crippen LogP contribution in [0.25, 0.3) is 0 Å². The molecule has 0 radical (unpaired) electrons. The fraction of sp³-hybridized carbons (Fsp3) is 0.625. The van der Waals surface area contributed by atoms with Gasteiger partial charge in [0.25, 0.3) is 0 Å². The maximum absolute atomic E-state index is 15.4. The fourth-order valence-electron chi connectivity index (χ4n) is 11.7. The number of hydrogen-bond donors (Lipinski definition) is 4. The first-order chi connectivity index (χ1) is 30.7. The molecule has 0 unspecified atom stereocenters. The van der Waals surface area contributed by atoms with E-state index in [4.69, 9.17) is 33.2 Å². The third-order valence-corrected chi connectivity index (χ3v) is 15.1. The third kappa shape index (κ3) is 8.04. The van der Waals surface area contributed by atoms with E-state index < -0.39 is 119 Å². The Kier molecular flexibility index (Phi) is 12.7. The number of nitrogens with one attached hydrogen (secondary N) is 1. The molecule has 3 aliphatic heterocycles. The fourth-order valence-corrected chi connectivity index (χ4v) is 11.7. The maximum atomic E-state index is 15.4. The molecule has 3 aliphatic carbocycles. The quantitative estimate of drug-likeness (QED) is 0.133. The zero-order valence-electron chi connectivity index (χ0n) is 37.9. The highest BCUT2D eigenvalue weighted by molar-refractivity contribution is 5.89. The molecule has 2 aromatic carbocycles. The average molecular weight is 909 g/mol. The van der Waals surface area contributed by atoms with Crippen molar-refractivity contribution in [2.24, 2.45) is 16.7 Å². The van der Waals surface area contributed by atoms with Crippen LogP contribution in [0.15, 0.2) is 65.7 Å². The molecular formula is C48H61FN2O14. The van der Waals surface area contributed by atoms with Crippen LogP contribution in [0, 0.1) is 22.6 Å². The van der Waals surface area contributed by atoms with Crippen molar-refractivity contribution in [1.82, 2.24) is 10.2 Å². The SMILES string of the molecule is CC(=O)O[C@@]12CO[C@@H]1CC[C@@]1(C)[C@@H]3O[C@H](CN4CC[C@H]4CO)O[C@@H]3C3=C(C)[C@@H](OC(=O)[C@H](O)[C@@H](NC(=O)OC(C)C)c4ccccc4F)C[C@@](O)([C@@H](OC(=O)c4ccccc4)[C@@H]12)C3(C)C. The smallest absolute Gasteiger partial charge is 0.407 e. The van der Waals surface area contributed by atoms with E-state index in [1.165, 1.54) is 25.1 Å². The first-order valence-electron chi connectivity index (χ1n) is 22.5. The van der Waals surface area contributed by atoms with Gasteiger partial charge < -0.3 is 53.8 Å². The summed E-state index contributed by atoms with van der Waals surface area (Å²) in [5.74, 6) is -4.45. The Hall–Kier alpha value is -4.49. The predicted octanol–water partition coefficient (Wildman–Crippen LogP) is 4.28. The van der Waals surface area contributed by atoms with Crippen LogP contribution >= 0.6 is 0 Å². The molecule has 0 spiro atoms. The van der Waals surface area contributed by atoms with E-state index in [2.05, 4.69) is 10.2 Å². The van der Waals surface area contributed by atoms with E-state index in [-0.39, 0.29) is 30.4 Å². The largest absolute Gasteiger partial charge is 0.456 e. The van der Waals surface area contributed by atoms with Gasteiger partial charge in [0, 0.05) is 48.9 Å². The van der Waals surface area contributed by atoms with E-state index in [0.717, 1.165) is 12.5 Å². The number of alkyl carbamates (subject to hydrolysis) is 1. The normalized spacial score (nSPS) is 35.6. The molecule has 2 saturated carbocycles. The van der Waals surface area contributed by atoms with Crippen molar-refractivity contribution in [3.05, 3.63) is 82.7 Å². The van der Waals surface area contributed by atoms with Gasteiger partial charge in [0.2, 0.25) is 0 Å². The summed E-state index contributed by atoms with van der Waals surface area (Å²) in [6.45, 7) is 12.7. The highest BCUT2D eigenvalue weighted by atomic mass is 19.1. The van der Waals surface area contributed by atoms with Crippen molar-refractivity contribution in [3.8, 4) is 0 Å². The number of halogens is 1. The number of hydrogen-bond acceptors (Lipinski definition) is 15. The van der Waals surface area contributed by atoms with Gasteiger partial charge in [0.15, 0.2) is 18.0 Å². The molecule has 2 aromatic rings. The number of rotatable bonds is 12. The average Bonchev–Trinajstić information content (AvgIpc) is 3.65. The molecular weight excluding hydrogens is 848 g/mol. The lowest BCUT2D eigenvalue weighted by Gasteiger charge is -2.68. The van der Waals surface area contributed by atoms with Crippen molar-refractivity contribution < 1.29 is 72.0 Å². The second kappa shape index (κ2) is 17.6. The summed E-state index contributed by atoms with van der Waals surface area (Å²) in [6, 6.07) is 11.8. The number of aliphatic hydroxyl groups excluding tert-OH is 2. The number of aliphatic hydroxyl groups is 3. The number of carbonyl (C=O) groups is 4. The lowest BCUT2D eigenvalue weighted by atomic mass is 9.45. The predicted molar refractivity (Wildman–Crippen MR) is 227 cm³/mol. The highest BCUT2D eigenvalue weighted by Gasteiger charge is 2.77. The van der Waals surface area contributed by atoms with Gasteiger partial charge in [-0.1, -0.05) is 57.2 Å². The van der Waals surface area contributed by atoms with Crippen LogP contribution in [-0.2, 0) is 42.7 Å². The Morgan fingerprint density at radius 1 is 1.00 bits per heavy atom. The van der Waals surface area contributed by atoms with Crippen molar-refractivity contribution in [1.29, 1.82) is 0 Å². The van der Waals surface area contributed by atoms with E-state index in [1.807, 2.05) is 6.92 Å². The number of ether oxygens (including phenoxy) is 7. The number of esters is 3. The molecule has 3 saturated heterocycles. The van der Waals surface area contributed by atoms with E-state index in [0.29, 0.717) is 37.1 Å². The van der Waals surface area contributed by atoms with Gasteiger partial charge in [-0.05, 0) is 69.4 Å². The van der Waals surface area contributed by atoms with E-state index in [9.17, 15) is 34.5 Å². The van der Waals surface area contributed by atoms with Crippen LogP contribution in [0.2, 0.25) is 0 Å². The van der Waals surface area contributed by atoms with Crippen LogP contribution in [0.3, 0.4) is 0 Å². The van der Waals surface area contributed by atoms with Gasteiger partial charge in [0.05, 0.1) is 42.9 Å².